The summed E-state index contributed by atoms with van der Waals surface area (Å²) in [5.41, 5.74) is 0. The lowest BCUT2D eigenvalue weighted by Gasteiger charge is -2.07. The molecule has 0 spiro atoms. The molecule has 0 aromatic carbocycles. The number of rotatable bonds is 20. The minimum atomic E-state index is 0.593. The van der Waals surface area contributed by atoms with Crippen molar-refractivity contribution in [3.63, 3.8) is 0 Å². The monoisotopic (exact) mass is 398 g/mol. The van der Waals surface area contributed by atoms with Gasteiger partial charge in [-0.2, -0.15) is 0 Å². The quantitative estimate of drug-likeness (QED) is 0.232. The van der Waals surface area contributed by atoms with E-state index in [4.69, 9.17) is 23.7 Å². The van der Waals surface area contributed by atoms with Crippen LogP contribution in [0.3, 0.4) is 0 Å². The first-order chi connectivity index (χ1) is 11.4. The zero-order chi connectivity index (χ0) is 16.8. The molecule has 6 heteroatoms. The topological polar surface area (TPSA) is 46.2 Å². The summed E-state index contributed by atoms with van der Waals surface area (Å²) < 4.78 is 27.0. The van der Waals surface area contributed by atoms with Crippen molar-refractivity contribution in [2.75, 3.05) is 71.4 Å². The first kappa shape index (κ1) is 23.3. The maximum Gasteiger partial charge on any atom is 0.0701 e. The lowest BCUT2D eigenvalue weighted by molar-refractivity contribution is -0.0102. The Hall–Kier alpha value is 0.280. The average molecular weight is 399 g/mol. The van der Waals surface area contributed by atoms with Crippen molar-refractivity contribution >= 4 is 15.9 Å². The molecule has 0 aliphatic heterocycles. The van der Waals surface area contributed by atoms with E-state index >= 15 is 0 Å². The Morgan fingerprint density at radius 2 is 0.870 bits per heavy atom. The largest absolute Gasteiger partial charge is 0.379 e. The third kappa shape index (κ3) is 22.3. The summed E-state index contributed by atoms with van der Waals surface area (Å²) in [6.07, 6.45) is 6.37. The van der Waals surface area contributed by atoms with E-state index in [1.165, 1.54) is 25.7 Å². The molecule has 0 radical (unpaired) electrons. The zero-order valence-corrected chi connectivity index (χ0v) is 16.3. The van der Waals surface area contributed by atoms with Crippen molar-refractivity contribution in [3.8, 4) is 0 Å². The Bertz CT molecular complexity index is 187. The molecule has 0 bridgehead atoms. The lowest BCUT2D eigenvalue weighted by Crippen LogP contribution is -2.13. The highest BCUT2D eigenvalue weighted by molar-refractivity contribution is 9.09. The molecule has 0 N–H and O–H groups in total. The van der Waals surface area contributed by atoms with Crippen LogP contribution >= 0.6 is 15.9 Å². The van der Waals surface area contributed by atoms with E-state index in [2.05, 4.69) is 22.9 Å². The summed E-state index contributed by atoms with van der Waals surface area (Å²) in [7, 11) is 0. The van der Waals surface area contributed by atoms with Crippen LogP contribution in [0.2, 0.25) is 0 Å². The molecule has 0 aromatic rings. The third-order valence-corrected chi connectivity index (χ3v) is 3.43. The van der Waals surface area contributed by atoms with Crippen molar-refractivity contribution in [1.29, 1.82) is 0 Å². The molecule has 0 atom stereocenters. The Morgan fingerprint density at radius 3 is 1.30 bits per heavy atom. The summed E-state index contributed by atoms with van der Waals surface area (Å²) in [6.45, 7) is 8.75. The molecular weight excluding hydrogens is 364 g/mol. The number of hydrogen-bond acceptors (Lipinski definition) is 5. The van der Waals surface area contributed by atoms with Gasteiger partial charge in [-0.15, -0.1) is 0 Å². The Balaban J connectivity index is 2.92. The fraction of sp³-hybridized carbons (Fsp3) is 1.00. The van der Waals surface area contributed by atoms with Gasteiger partial charge in [0.2, 0.25) is 0 Å². The van der Waals surface area contributed by atoms with Crippen LogP contribution in [0.4, 0.5) is 0 Å². The predicted octanol–water partition coefficient (Wildman–Crippen LogP) is 3.43. The van der Waals surface area contributed by atoms with Crippen LogP contribution < -0.4 is 0 Å². The van der Waals surface area contributed by atoms with E-state index in [1.807, 2.05) is 0 Å². The first-order valence-corrected chi connectivity index (χ1v) is 9.98. The molecule has 0 heterocycles. The van der Waals surface area contributed by atoms with Gasteiger partial charge < -0.3 is 23.7 Å². The molecule has 23 heavy (non-hydrogen) atoms. The van der Waals surface area contributed by atoms with Crippen molar-refractivity contribution in [1.82, 2.24) is 0 Å². The van der Waals surface area contributed by atoms with Crippen LogP contribution in [0.5, 0.6) is 0 Å². The van der Waals surface area contributed by atoms with E-state index in [0.717, 1.165) is 25.0 Å². The zero-order valence-electron chi connectivity index (χ0n) is 14.7. The second kappa shape index (κ2) is 22.3. The predicted molar refractivity (Wildman–Crippen MR) is 96.6 cm³/mol. The molecule has 0 fully saturated rings. The molecule has 0 amide bonds. The number of halogens is 1. The number of unbranched alkanes of at least 4 members (excludes halogenated alkanes) is 4. The van der Waals surface area contributed by atoms with Gasteiger partial charge in [-0.1, -0.05) is 48.5 Å². The van der Waals surface area contributed by atoms with Crippen LogP contribution in [0.1, 0.15) is 39.0 Å². The van der Waals surface area contributed by atoms with Crippen molar-refractivity contribution < 1.29 is 23.7 Å². The van der Waals surface area contributed by atoms with Gasteiger partial charge in [0, 0.05) is 11.9 Å². The molecule has 140 valence electrons. The number of ether oxygens (including phenoxy) is 5. The molecule has 0 unspecified atom stereocenters. The van der Waals surface area contributed by atoms with Crippen molar-refractivity contribution in [3.05, 3.63) is 0 Å². The summed E-state index contributed by atoms with van der Waals surface area (Å²) in [5.74, 6) is 0. The summed E-state index contributed by atoms with van der Waals surface area (Å²) in [4.78, 5) is 0. The Labute approximate surface area is 150 Å². The third-order valence-electron chi connectivity index (χ3n) is 3.10. The normalized spacial score (nSPS) is 11.2. The molecule has 0 saturated heterocycles. The van der Waals surface area contributed by atoms with Crippen LogP contribution in [0.15, 0.2) is 0 Å². The van der Waals surface area contributed by atoms with Gasteiger partial charge in [-0.3, -0.25) is 0 Å². The molecular formula is C17H35BrO5. The van der Waals surface area contributed by atoms with E-state index in [9.17, 15) is 0 Å². The average Bonchev–Trinajstić information content (AvgIpc) is 2.57. The van der Waals surface area contributed by atoms with Gasteiger partial charge >= 0.3 is 0 Å². The smallest absolute Gasteiger partial charge is 0.0701 e. The number of alkyl halides is 1. The highest BCUT2D eigenvalue weighted by Crippen LogP contribution is 2.02. The Kier molecular flexibility index (Phi) is 22.6. The highest BCUT2D eigenvalue weighted by atomic mass is 79.9. The first-order valence-electron chi connectivity index (χ1n) is 8.86. The second-order valence-corrected chi connectivity index (χ2v) is 5.96. The van der Waals surface area contributed by atoms with Crippen molar-refractivity contribution in [2.24, 2.45) is 0 Å². The fourth-order valence-corrected chi connectivity index (χ4v) is 2.07. The summed E-state index contributed by atoms with van der Waals surface area (Å²) in [5, 5.41) is 0.861. The second-order valence-electron chi connectivity index (χ2n) is 5.17. The highest BCUT2D eigenvalue weighted by Gasteiger charge is 1.94. The van der Waals surface area contributed by atoms with Gasteiger partial charge in [0.25, 0.3) is 0 Å². The van der Waals surface area contributed by atoms with E-state index in [-0.39, 0.29) is 0 Å². The van der Waals surface area contributed by atoms with Gasteiger partial charge in [0.1, 0.15) is 0 Å². The van der Waals surface area contributed by atoms with E-state index in [0.29, 0.717) is 52.9 Å². The number of hydrogen-bond donors (Lipinski definition) is 0. The van der Waals surface area contributed by atoms with E-state index in [1.54, 1.807) is 0 Å². The van der Waals surface area contributed by atoms with Gasteiger partial charge in [-0.25, -0.2) is 0 Å². The van der Waals surface area contributed by atoms with Gasteiger partial charge in [0.15, 0.2) is 0 Å². The Morgan fingerprint density at radius 1 is 0.478 bits per heavy atom. The summed E-state index contributed by atoms with van der Waals surface area (Å²) >= 11 is 3.30. The minimum Gasteiger partial charge on any atom is -0.379 e. The van der Waals surface area contributed by atoms with Crippen LogP contribution in [0.25, 0.3) is 0 Å². The van der Waals surface area contributed by atoms with Gasteiger partial charge in [0.05, 0.1) is 59.5 Å². The molecule has 5 nitrogen and oxygen atoms in total. The molecule has 0 aliphatic carbocycles. The minimum absolute atomic E-state index is 0.593. The molecule has 0 aromatic heterocycles. The molecule has 0 rings (SSSR count). The fourth-order valence-electron chi connectivity index (χ4n) is 1.84. The van der Waals surface area contributed by atoms with Gasteiger partial charge in [-0.05, 0) is 6.42 Å². The van der Waals surface area contributed by atoms with Crippen LogP contribution in [-0.4, -0.2) is 71.4 Å². The molecule has 0 aliphatic rings. The lowest BCUT2D eigenvalue weighted by atomic mass is 10.2. The van der Waals surface area contributed by atoms with E-state index < -0.39 is 0 Å². The maximum absolute atomic E-state index is 5.51. The standard InChI is InChI=1S/C17H35BrO5/c1-2-3-4-5-6-8-19-10-12-21-14-16-23-17-15-22-13-11-20-9-7-18/h2-17H2,1H3. The summed E-state index contributed by atoms with van der Waals surface area (Å²) in [6, 6.07) is 0. The van der Waals surface area contributed by atoms with Crippen LogP contribution in [0, 0.1) is 0 Å². The maximum atomic E-state index is 5.51. The van der Waals surface area contributed by atoms with Crippen LogP contribution in [-0.2, 0) is 23.7 Å². The molecule has 0 saturated carbocycles. The van der Waals surface area contributed by atoms with Crippen molar-refractivity contribution in [2.45, 2.75) is 39.0 Å². The SMILES string of the molecule is CCCCCCCOCCOCCOCCOCCOCCBr.